The summed E-state index contributed by atoms with van der Waals surface area (Å²) >= 11 is 0. The lowest BCUT2D eigenvalue weighted by Gasteiger charge is -2.05. The average molecular weight is 233 g/mol. The number of hydrogen-bond acceptors (Lipinski definition) is 2. The highest BCUT2D eigenvalue weighted by Gasteiger charge is 2.32. The van der Waals surface area contributed by atoms with E-state index in [2.05, 4.69) is 12.2 Å². The van der Waals surface area contributed by atoms with Crippen molar-refractivity contribution in [3.63, 3.8) is 0 Å². The summed E-state index contributed by atoms with van der Waals surface area (Å²) in [5, 5.41) is 11.6. The molecule has 0 bridgehead atoms. The molecule has 2 atom stereocenters. The number of amides is 1. The largest absolute Gasteiger partial charge is 0.478 e. The molecule has 0 spiro atoms. The van der Waals surface area contributed by atoms with Crippen LogP contribution >= 0.6 is 0 Å². The highest BCUT2D eigenvalue weighted by molar-refractivity contribution is 5.97. The number of nitrogens with one attached hydrogen (secondary N) is 1. The molecule has 4 heteroatoms. The molecule has 0 saturated heterocycles. The van der Waals surface area contributed by atoms with E-state index in [4.69, 9.17) is 5.11 Å². The Morgan fingerprint density at radius 2 is 2.06 bits per heavy atom. The highest BCUT2D eigenvalue weighted by Crippen LogP contribution is 2.36. The molecule has 0 aromatic heterocycles. The van der Waals surface area contributed by atoms with E-state index in [1.165, 1.54) is 12.1 Å². The number of rotatable bonds is 4. The van der Waals surface area contributed by atoms with Crippen LogP contribution in [0.3, 0.4) is 0 Å². The van der Waals surface area contributed by atoms with Gasteiger partial charge in [0.25, 0.3) is 5.91 Å². The molecule has 1 amide bonds. The molecule has 1 aromatic carbocycles. The zero-order valence-corrected chi connectivity index (χ0v) is 9.64. The minimum Gasteiger partial charge on any atom is -0.478 e. The predicted octanol–water partition coefficient (Wildman–Crippen LogP) is 1.77. The number of aromatic carboxylic acids is 1. The average Bonchev–Trinajstić information content (AvgIpc) is 3.02. The zero-order valence-electron chi connectivity index (χ0n) is 9.64. The van der Waals surface area contributed by atoms with Crippen LogP contribution < -0.4 is 5.32 Å². The molecule has 1 aromatic rings. The normalized spacial score (nSPS) is 21.9. The number of carboxylic acids is 1. The molecule has 1 saturated carbocycles. The van der Waals surface area contributed by atoms with Gasteiger partial charge in [-0.05, 0) is 36.5 Å². The third-order valence-corrected chi connectivity index (χ3v) is 3.17. The van der Waals surface area contributed by atoms with Gasteiger partial charge in [0, 0.05) is 12.1 Å². The van der Waals surface area contributed by atoms with Gasteiger partial charge < -0.3 is 10.4 Å². The number of carboxylic acid groups (broad SMARTS) is 1. The molecule has 2 unspecified atom stereocenters. The molecule has 2 rings (SSSR count). The third-order valence-electron chi connectivity index (χ3n) is 3.17. The zero-order chi connectivity index (χ0) is 12.4. The van der Waals surface area contributed by atoms with Gasteiger partial charge >= 0.3 is 5.97 Å². The van der Waals surface area contributed by atoms with Crippen LogP contribution in [-0.2, 0) is 0 Å². The van der Waals surface area contributed by atoms with Gasteiger partial charge in [0.05, 0.1) is 5.56 Å². The monoisotopic (exact) mass is 233 g/mol. The van der Waals surface area contributed by atoms with Crippen molar-refractivity contribution in [2.45, 2.75) is 13.3 Å². The fourth-order valence-corrected chi connectivity index (χ4v) is 1.80. The van der Waals surface area contributed by atoms with Crippen LogP contribution in [0.4, 0.5) is 0 Å². The number of carbonyl (C=O) groups excluding carboxylic acids is 1. The van der Waals surface area contributed by atoms with E-state index < -0.39 is 5.97 Å². The molecule has 90 valence electrons. The van der Waals surface area contributed by atoms with Crippen molar-refractivity contribution in [1.82, 2.24) is 5.32 Å². The summed E-state index contributed by atoms with van der Waals surface area (Å²) in [7, 11) is 0. The molecule has 1 fully saturated rings. The lowest BCUT2D eigenvalue weighted by molar-refractivity contribution is 0.0697. The molecule has 4 nitrogen and oxygen atoms in total. The van der Waals surface area contributed by atoms with E-state index >= 15 is 0 Å². The van der Waals surface area contributed by atoms with Gasteiger partial charge in [-0.25, -0.2) is 4.79 Å². The summed E-state index contributed by atoms with van der Waals surface area (Å²) in [4.78, 5) is 22.5. The standard InChI is InChI=1S/C13H15NO3/c1-8-5-11(8)7-14-12(15)9-3-2-4-10(6-9)13(16)17/h2-4,6,8,11H,5,7H2,1H3,(H,14,15)(H,16,17). The first-order valence-corrected chi connectivity index (χ1v) is 5.69. The van der Waals surface area contributed by atoms with Crippen molar-refractivity contribution in [3.05, 3.63) is 35.4 Å². The van der Waals surface area contributed by atoms with Crippen LogP contribution in [0.1, 0.15) is 34.1 Å². The van der Waals surface area contributed by atoms with Gasteiger partial charge in [-0.2, -0.15) is 0 Å². The maximum Gasteiger partial charge on any atom is 0.335 e. The summed E-state index contributed by atoms with van der Waals surface area (Å²) in [5.74, 6) is 0.0601. The van der Waals surface area contributed by atoms with Gasteiger partial charge in [0.1, 0.15) is 0 Å². The van der Waals surface area contributed by atoms with E-state index in [1.807, 2.05) is 0 Å². The Morgan fingerprint density at radius 1 is 1.41 bits per heavy atom. The summed E-state index contributed by atoms with van der Waals surface area (Å²) in [6, 6.07) is 6.08. The van der Waals surface area contributed by atoms with Gasteiger partial charge in [-0.15, -0.1) is 0 Å². The lowest BCUT2D eigenvalue weighted by atomic mass is 10.1. The third kappa shape index (κ3) is 2.84. The topological polar surface area (TPSA) is 66.4 Å². The molecule has 0 aliphatic heterocycles. The number of benzene rings is 1. The molecule has 0 heterocycles. The van der Waals surface area contributed by atoms with Crippen molar-refractivity contribution < 1.29 is 14.7 Å². The van der Waals surface area contributed by atoms with Crippen molar-refractivity contribution in [3.8, 4) is 0 Å². The number of hydrogen-bond donors (Lipinski definition) is 2. The second-order valence-electron chi connectivity index (χ2n) is 4.57. The Morgan fingerprint density at radius 3 is 2.65 bits per heavy atom. The van der Waals surface area contributed by atoms with Gasteiger partial charge in [0.15, 0.2) is 0 Å². The van der Waals surface area contributed by atoms with E-state index in [9.17, 15) is 9.59 Å². The lowest BCUT2D eigenvalue weighted by Crippen LogP contribution is -2.26. The SMILES string of the molecule is CC1CC1CNC(=O)c1cccc(C(=O)O)c1. The molecule has 17 heavy (non-hydrogen) atoms. The van der Waals surface area contributed by atoms with E-state index in [0.717, 1.165) is 6.42 Å². The van der Waals surface area contributed by atoms with Crippen molar-refractivity contribution >= 4 is 11.9 Å². The van der Waals surface area contributed by atoms with Crippen LogP contribution in [0, 0.1) is 11.8 Å². The molecule has 0 radical (unpaired) electrons. The Bertz CT molecular complexity index is 456. The van der Waals surface area contributed by atoms with Crippen molar-refractivity contribution in [1.29, 1.82) is 0 Å². The quantitative estimate of drug-likeness (QED) is 0.832. The second-order valence-corrected chi connectivity index (χ2v) is 4.57. The summed E-state index contributed by atoms with van der Waals surface area (Å²) < 4.78 is 0. The Balaban J connectivity index is 1.98. The first-order chi connectivity index (χ1) is 8.08. The molecule has 2 N–H and O–H groups in total. The number of carbonyl (C=O) groups is 2. The highest BCUT2D eigenvalue weighted by atomic mass is 16.4. The Labute approximate surface area is 99.6 Å². The summed E-state index contributed by atoms with van der Waals surface area (Å²) in [6.45, 7) is 2.83. The minimum absolute atomic E-state index is 0.137. The van der Waals surface area contributed by atoms with Crippen LogP contribution in [-0.4, -0.2) is 23.5 Å². The first kappa shape index (κ1) is 11.6. The fourth-order valence-electron chi connectivity index (χ4n) is 1.80. The maximum absolute atomic E-state index is 11.8. The first-order valence-electron chi connectivity index (χ1n) is 5.69. The van der Waals surface area contributed by atoms with Gasteiger partial charge in [0.2, 0.25) is 0 Å². The van der Waals surface area contributed by atoms with Crippen molar-refractivity contribution in [2.75, 3.05) is 6.54 Å². The minimum atomic E-state index is -1.02. The molecule has 1 aliphatic carbocycles. The van der Waals surface area contributed by atoms with Crippen molar-refractivity contribution in [2.24, 2.45) is 11.8 Å². The molecular weight excluding hydrogens is 218 g/mol. The van der Waals surface area contributed by atoms with Crippen LogP contribution in [0.15, 0.2) is 24.3 Å². The predicted molar refractivity (Wildman–Crippen MR) is 63.0 cm³/mol. The van der Waals surface area contributed by atoms with Crippen LogP contribution in [0.5, 0.6) is 0 Å². The maximum atomic E-state index is 11.8. The van der Waals surface area contributed by atoms with E-state index in [0.29, 0.717) is 23.9 Å². The molecule has 1 aliphatic rings. The fraction of sp³-hybridized carbons (Fsp3) is 0.385. The van der Waals surface area contributed by atoms with Crippen LogP contribution in [0.2, 0.25) is 0 Å². The smallest absolute Gasteiger partial charge is 0.335 e. The van der Waals surface area contributed by atoms with Gasteiger partial charge in [-0.1, -0.05) is 13.0 Å². The van der Waals surface area contributed by atoms with E-state index in [-0.39, 0.29) is 11.5 Å². The summed E-state index contributed by atoms with van der Waals surface area (Å²) in [6.07, 6.45) is 1.16. The summed E-state index contributed by atoms with van der Waals surface area (Å²) in [5.41, 5.74) is 0.538. The molecular formula is C13H15NO3. The second kappa shape index (κ2) is 4.57. The Hall–Kier alpha value is -1.84. The Kier molecular flexibility index (Phi) is 3.13. The van der Waals surface area contributed by atoms with Crippen LogP contribution in [0.25, 0.3) is 0 Å². The van der Waals surface area contributed by atoms with Gasteiger partial charge in [-0.3, -0.25) is 4.79 Å². The van der Waals surface area contributed by atoms with E-state index in [1.54, 1.807) is 12.1 Å².